The molecule has 3 aromatic carbocycles. The maximum absolute atomic E-state index is 14.5. The van der Waals surface area contributed by atoms with Crippen molar-refractivity contribution in [2.45, 2.75) is 5.92 Å². The Balaban J connectivity index is 1.70. The molecule has 0 radical (unpaired) electrons. The molecule has 0 aromatic heterocycles. The van der Waals surface area contributed by atoms with E-state index >= 15 is 0 Å². The van der Waals surface area contributed by atoms with E-state index < -0.39 is 22.6 Å². The summed E-state index contributed by atoms with van der Waals surface area (Å²) in [6, 6.07) is 15.6. The predicted molar refractivity (Wildman–Crippen MR) is 115 cm³/mol. The number of rotatable bonds is 4. The van der Waals surface area contributed by atoms with E-state index in [4.69, 9.17) is 26.8 Å². The number of carbonyl (C=O) groups is 1. The van der Waals surface area contributed by atoms with E-state index in [1.807, 2.05) is 6.07 Å². The highest BCUT2D eigenvalue weighted by atomic mass is 35.5. The first-order valence-electron chi connectivity index (χ1n) is 9.42. The van der Waals surface area contributed by atoms with Crippen molar-refractivity contribution < 1.29 is 23.6 Å². The lowest BCUT2D eigenvalue weighted by Gasteiger charge is -2.27. The number of nitro benzene ring substituents is 1. The Kier molecular flexibility index (Phi) is 5.69. The summed E-state index contributed by atoms with van der Waals surface area (Å²) in [6.07, 6.45) is 0. The van der Waals surface area contributed by atoms with E-state index in [1.54, 1.807) is 6.07 Å². The topological polar surface area (TPSA) is 128 Å². The smallest absolute Gasteiger partial charge is 0.345 e. The van der Waals surface area contributed by atoms with E-state index in [1.165, 1.54) is 42.5 Å². The molecular formula is C23H13ClFN3O5. The van der Waals surface area contributed by atoms with Crippen LogP contribution in [0.15, 0.2) is 72.1 Å². The minimum Gasteiger partial charge on any atom is -0.440 e. The van der Waals surface area contributed by atoms with Gasteiger partial charge in [-0.3, -0.25) is 10.1 Å². The van der Waals surface area contributed by atoms with Crippen LogP contribution in [-0.4, -0.2) is 10.9 Å². The number of carbonyl (C=O) groups excluding carboxylic acids is 1. The van der Waals surface area contributed by atoms with Crippen LogP contribution >= 0.6 is 11.6 Å². The fourth-order valence-electron chi connectivity index (χ4n) is 3.47. The van der Waals surface area contributed by atoms with Gasteiger partial charge in [-0.25, -0.2) is 9.18 Å². The van der Waals surface area contributed by atoms with Gasteiger partial charge in [0, 0.05) is 29.3 Å². The first-order chi connectivity index (χ1) is 15.8. The number of halogens is 2. The number of ether oxygens (including phenoxy) is 2. The molecule has 0 fully saturated rings. The Bertz CT molecular complexity index is 1380. The fourth-order valence-corrected chi connectivity index (χ4v) is 3.67. The highest BCUT2D eigenvalue weighted by molar-refractivity contribution is 6.33. The molecule has 1 aliphatic heterocycles. The SMILES string of the molecule is N#CC1=C(N)Oc2cc(OC(=O)c3cc([N+](=O)[O-])ccc3Cl)ccc2C1c1ccccc1F. The minimum atomic E-state index is -0.925. The summed E-state index contributed by atoms with van der Waals surface area (Å²) in [5, 5.41) is 20.5. The molecule has 33 heavy (non-hydrogen) atoms. The highest BCUT2D eigenvalue weighted by Crippen LogP contribution is 2.44. The molecule has 10 heteroatoms. The number of nitro groups is 1. The van der Waals surface area contributed by atoms with Gasteiger partial charge in [-0.05, 0) is 18.2 Å². The van der Waals surface area contributed by atoms with Crippen LogP contribution in [0.1, 0.15) is 27.4 Å². The van der Waals surface area contributed by atoms with Crippen molar-refractivity contribution in [3.05, 3.63) is 110 Å². The number of benzene rings is 3. The van der Waals surface area contributed by atoms with Gasteiger partial charge in [0.25, 0.3) is 5.69 Å². The quantitative estimate of drug-likeness (QED) is 0.253. The van der Waals surface area contributed by atoms with Gasteiger partial charge in [-0.15, -0.1) is 0 Å². The number of esters is 1. The molecule has 1 aliphatic rings. The monoisotopic (exact) mass is 465 g/mol. The summed E-state index contributed by atoms with van der Waals surface area (Å²) in [4.78, 5) is 22.9. The third-order valence-electron chi connectivity index (χ3n) is 5.00. The molecule has 0 aliphatic carbocycles. The number of nitrogens with zero attached hydrogens (tertiary/aromatic N) is 2. The number of non-ortho nitro benzene ring substituents is 1. The van der Waals surface area contributed by atoms with Gasteiger partial charge >= 0.3 is 5.97 Å². The van der Waals surface area contributed by atoms with Crippen LogP contribution in [-0.2, 0) is 0 Å². The second kappa shape index (κ2) is 8.61. The van der Waals surface area contributed by atoms with Crippen molar-refractivity contribution in [2.24, 2.45) is 5.73 Å². The summed E-state index contributed by atoms with van der Waals surface area (Å²) in [5.74, 6) is -2.28. The van der Waals surface area contributed by atoms with Crippen LogP contribution in [0.5, 0.6) is 11.5 Å². The number of nitriles is 1. The molecule has 0 spiro atoms. The molecular weight excluding hydrogens is 453 g/mol. The molecule has 1 heterocycles. The number of fused-ring (bicyclic) bond motifs is 1. The van der Waals surface area contributed by atoms with Crippen molar-refractivity contribution in [3.63, 3.8) is 0 Å². The zero-order chi connectivity index (χ0) is 23.7. The van der Waals surface area contributed by atoms with E-state index in [-0.39, 0.29) is 44.8 Å². The molecule has 4 rings (SSSR count). The Labute approximate surface area is 191 Å². The lowest BCUT2D eigenvalue weighted by Crippen LogP contribution is -2.21. The lowest BCUT2D eigenvalue weighted by molar-refractivity contribution is -0.384. The van der Waals surface area contributed by atoms with E-state index in [0.717, 1.165) is 12.1 Å². The van der Waals surface area contributed by atoms with Gasteiger partial charge in [0.05, 0.1) is 21.4 Å². The average Bonchev–Trinajstić information content (AvgIpc) is 2.78. The number of allylic oxidation sites excluding steroid dienone is 1. The average molecular weight is 466 g/mol. The number of hydrogen-bond donors (Lipinski definition) is 1. The maximum Gasteiger partial charge on any atom is 0.345 e. The first kappa shape index (κ1) is 21.8. The van der Waals surface area contributed by atoms with Crippen LogP contribution < -0.4 is 15.2 Å². The van der Waals surface area contributed by atoms with Gasteiger partial charge in [-0.2, -0.15) is 5.26 Å². The van der Waals surface area contributed by atoms with Crippen molar-refractivity contribution in [2.75, 3.05) is 0 Å². The molecule has 3 aromatic rings. The van der Waals surface area contributed by atoms with Crippen LogP contribution in [0.3, 0.4) is 0 Å². The van der Waals surface area contributed by atoms with Crippen molar-refractivity contribution in [3.8, 4) is 17.6 Å². The summed E-state index contributed by atoms with van der Waals surface area (Å²) < 4.78 is 25.4. The van der Waals surface area contributed by atoms with Gasteiger partial charge < -0.3 is 15.2 Å². The van der Waals surface area contributed by atoms with E-state index in [0.29, 0.717) is 5.56 Å². The highest BCUT2D eigenvalue weighted by Gasteiger charge is 2.32. The van der Waals surface area contributed by atoms with Crippen molar-refractivity contribution in [1.82, 2.24) is 0 Å². The molecule has 0 saturated heterocycles. The third-order valence-corrected chi connectivity index (χ3v) is 5.33. The second-order valence-corrected chi connectivity index (χ2v) is 7.36. The normalized spacial score (nSPS) is 14.6. The molecule has 1 unspecified atom stereocenters. The number of nitrogens with two attached hydrogens (primary N) is 1. The van der Waals surface area contributed by atoms with Crippen LogP contribution in [0.25, 0.3) is 0 Å². The predicted octanol–water partition coefficient (Wildman–Crippen LogP) is 4.82. The molecule has 0 amide bonds. The molecule has 0 saturated carbocycles. The molecule has 164 valence electrons. The van der Waals surface area contributed by atoms with Crippen LogP contribution in [0, 0.1) is 27.3 Å². The third kappa shape index (κ3) is 4.07. The van der Waals surface area contributed by atoms with Gasteiger partial charge in [0.1, 0.15) is 29.0 Å². The van der Waals surface area contributed by atoms with Gasteiger partial charge in [0.2, 0.25) is 5.88 Å². The summed E-state index contributed by atoms with van der Waals surface area (Å²) in [6.45, 7) is 0. The Hall–Kier alpha value is -4.42. The minimum absolute atomic E-state index is 0.0229. The fraction of sp³-hybridized carbons (Fsp3) is 0.0435. The lowest BCUT2D eigenvalue weighted by atomic mass is 9.83. The largest absolute Gasteiger partial charge is 0.440 e. The van der Waals surface area contributed by atoms with Crippen molar-refractivity contribution >= 4 is 23.3 Å². The number of hydrogen-bond acceptors (Lipinski definition) is 7. The standard InChI is InChI=1S/C23H13ClFN3O5/c24-18-8-5-12(28(30)31)9-16(18)23(29)32-13-6-7-15-20(10-13)33-22(27)17(11-26)21(15)14-3-1-2-4-19(14)25/h1-10,21H,27H2. The summed E-state index contributed by atoms with van der Waals surface area (Å²) in [7, 11) is 0. The first-order valence-corrected chi connectivity index (χ1v) is 9.80. The summed E-state index contributed by atoms with van der Waals surface area (Å²) in [5.41, 5.74) is 6.11. The summed E-state index contributed by atoms with van der Waals surface area (Å²) >= 11 is 5.99. The molecule has 0 bridgehead atoms. The zero-order valence-electron chi connectivity index (χ0n) is 16.6. The zero-order valence-corrected chi connectivity index (χ0v) is 17.4. The molecule has 2 N–H and O–H groups in total. The van der Waals surface area contributed by atoms with Gasteiger partial charge in [-0.1, -0.05) is 35.9 Å². The molecule has 1 atom stereocenters. The van der Waals surface area contributed by atoms with E-state index in [9.17, 15) is 24.6 Å². The Morgan fingerprint density at radius 3 is 2.64 bits per heavy atom. The van der Waals surface area contributed by atoms with E-state index in [2.05, 4.69) is 0 Å². The van der Waals surface area contributed by atoms with Crippen molar-refractivity contribution in [1.29, 1.82) is 5.26 Å². The maximum atomic E-state index is 14.5. The van der Waals surface area contributed by atoms with Crippen LogP contribution in [0.4, 0.5) is 10.1 Å². The van der Waals surface area contributed by atoms with Crippen LogP contribution in [0.2, 0.25) is 5.02 Å². The van der Waals surface area contributed by atoms with Gasteiger partial charge in [0.15, 0.2) is 0 Å². The Morgan fingerprint density at radius 2 is 1.94 bits per heavy atom. The molecule has 8 nitrogen and oxygen atoms in total. The second-order valence-electron chi connectivity index (χ2n) is 6.96. The Morgan fingerprint density at radius 1 is 1.18 bits per heavy atom.